The van der Waals surface area contributed by atoms with Gasteiger partial charge in [-0.15, -0.1) is 0 Å². The maximum atomic E-state index is 12.2. The van der Waals surface area contributed by atoms with E-state index in [9.17, 15) is 9.90 Å². The zero-order valence-corrected chi connectivity index (χ0v) is 12.3. The van der Waals surface area contributed by atoms with Gasteiger partial charge in [0.25, 0.3) is 0 Å². The molecule has 1 N–H and O–H groups in total. The second kappa shape index (κ2) is 6.53. The van der Waals surface area contributed by atoms with Crippen molar-refractivity contribution in [3.8, 4) is 0 Å². The smallest absolute Gasteiger partial charge is 0.236 e. The lowest BCUT2D eigenvalue weighted by Gasteiger charge is -2.33. The van der Waals surface area contributed by atoms with E-state index in [2.05, 4.69) is 6.92 Å². The average Bonchev–Trinajstić information content (AvgIpc) is 2.27. The fraction of sp³-hybridized carbons (Fsp3) is 0.929. The topological polar surface area (TPSA) is 43.8 Å². The summed E-state index contributed by atoms with van der Waals surface area (Å²) in [5, 5.41) is 9.81. The third-order valence-corrected chi connectivity index (χ3v) is 3.55. The zero-order valence-electron chi connectivity index (χ0n) is 12.3. The first kappa shape index (κ1) is 15.4. The molecule has 1 heterocycles. The molecule has 4 nitrogen and oxygen atoms in total. The zero-order chi connectivity index (χ0) is 13.8. The van der Waals surface area contributed by atoms with Crippen LogP contribution in [0.15, 0.2) is 0 Å². The molecule has 0 spiro atoms. The molecule has 0 aromatic rings. The van der Waals surface area contributed by atoms with Crippen molar-refractivity contribution in [1.82, 2.24) is 9.80 Å². The van der Waals surface area contributed by atoms with Crippen LogP contribution in [-0.2, 0) is 4.79 Å². The molecule has 0 radical (unpaired) electrons. The van der Waals surface area contributed by atoms with Crippen LogP contribution in [0, 0.1) is 5.92 Å². The molecule has 1 rings (SSSR count). The lowest BCUT2D eigenvalue weighted by atomic mass is 9.99. The number of hydrogen-bond donors (Lipinski definition) is 1. The van der Waals surface area contributed by atoms with Crippen molar-refractivity contribution in [2.45, 2.75) is 46.1 Å². The molecule has 0 aliphatic carbocycles. The van der Waals surface area contributed by atoms with Crippen molar-refractivity contribution in [2.24, 2.45) is 5.92 Å². The van der Waals surface area contributed by atoms with Gasteiger partial charge in [0, 0.05) is 19.6 Å². The van der Waals surface area contributed by atoms with Gasteiger partial charge >= 0.3 is 0 Å². The van der Waals surface area contributed by atoms with Gasteiger partial charge in [-0.1, -0.05) is 13.8 Å². The molecule has 4 heteroatoms. The van der Waals surface area contributed by atoms with Gasteiger partial charge in [-0.2, -0.15) is 0 Å². The number of carbonyl (C=O) groups is 1. The van der Waals surface area contributed by atoms with Gasteiger partial charge < -0.3 is 10.0 Å². The normalized spacial score (nSPS) is 18.4. The van der Waals surface area contributed by atoms with E-state index >= 15 is 0 Å². The fourth-order valence-electron chi connectivity index (χ4n) is 2.38. The van der Waals surface area contributed by atoms with E-state index in [1.165, 1.54) is 0 Å². The quantitative estimate of drug-likeness (QED) is 0.807. The van der Waals surface area contributed by atoms with Gasteiger partial charge in [0.1, 0.15) is 0 Å². The Balaban J connectivity index is 2.42. The largest absolute Gasteiger partial charge is 0.389 e. The monoisotopic (exact) mass is 256 g/mol. The molecular weight excluding hydrogens is 228 g/mol. The first-order valence-electron chi connectivity index (χ1n) is 7.04. The van der Waals surface area contributed by atoms with Gasteiger partial charge in [-0.05, 0) is 39.2 Å². The average molecular weight is 256 g/mol. The van der Waals surface area contributed by atoms with Gasteiger partial charge in [-0.3, -0.25) is 9.69 Å². The third kappa shape index (κ3) is 5.36. The van der Waals surface area contributed by atoms with Crippen LogP contribution in [0.4, 0.5) is 0 Å². The maximum absolute atomic E-state index is 12.2. The van der Waals surface area contributed by atoms with Crippen LogP contribution in [0.5, 0.6) is 0 Å². The highest BCUT2D eigenvalue weighted by Crippen LogP contribution is 2.16. The second-order valence-corrected chi connectivity index (χ2v) is 6.18. The number of amides is 1. The van der Waals surface area contributed by atoms with Crippen molar-refractivity contribution < 1.29 is 9.90 Å². The second-order valence-electron chi connectivity index (χ2n) is 6.18. The van der Waals surface area contributed by atoms with E-state index in [4.69, 9.17) is 0 Å². The van der Waals surface area contributed by atoms with E-state index in [-0.39, 0.29) is 5.91 Å². The number of carbonyl (C=O) groups excluding carboxylic acids is 1. The minimum Gasteiger partial charge on any atom is -0.389 e. The molecule has 0 aromatic heterocycles. The fourth-order valence-corrected chi connectivity index (χ4v) is 2.38. The summed E-state index contributed by atoms with van der Waals surface area (Å²) < 4.78 is 0. The van der Waals surface area contributed by atoms with Crippen molar-refractivity contribution in [3.63, 3.8) is 0 Å². The Labute approximate surface area is 111 Å². The molecular formula is C14H28N2O2. The molecule has 1 saturated heterocycles. The summed E-state index contributed by atoms with van der Waals surface area (Å²) in [7, 11) is 0. The summed E-state index contributed by atoms with van der Waals surface area (Å²) in [4.78, 5) is 16.1. The van der Waals surface area contributed by atoms with Crippen LogP contribution in [0.3, 0.4) is 0 Å². The van der Waals surface area contributed by atoms with Crippen LogP contribution >= 0.6 is 0 Å². The molecule has 0 atom stereocenters. The van der Waals surface area contributed by atoms with Gasteiger partial charge in [0.15, 0.2) is 0 Å². The number of nitrogens with zero attached hydrogens (tertiary/aromatic N) is 2. The Bertz CT molecular complexity index is 265. The summed E-state index contributed by atoms with van der Waals surface area (Å²) in [5.74, 6) is 0.945. The van der Waals surface area contributed by atoms with E-state index < -0.39 is 5.60 Å². The van der Waals surface area contributed by atoms with Crippen molar-refractivity contribution in [2.75, 3.05) is 32.7 Å². The summed E-state index contributed by atoms with van der Waals surface area (Å²) >= 11 is 0. The maximum Gasteiger partial charge on any atom is 0.236 e. The lowest BCUT2D eigenvalue weighted by molar-refractivity contribution is -0.134. The molecule has 0 unspecified atom stereocenters. The number of likely N-dealkylation sites (N-methyl/N-ethyl adjacent to an activating group) is 1. The Morgan fingerprint density at radius 2 is 1.94 bits per heavy atom. The van der Waals surface area contributed by atoms with Crippen LogP contribution in [0.25, 0.3) is 0 Å². The van der Waals surface area contributed by atoms with Gasteiger partial charge in [-0.25, -0.2) is 0 Å². The highest BCUT2D eigenvalue weighted by molar-refractivity contribution is 5.78. The molecule has 1 amide bonds. The minimum atomic E-state index is -0.743. The van der Waals surface area contributed by atoms with Crippen LogP contribution < -0.4 is 0 Å². The molecule has 0 saturated carbocycles. The van der Waals surface area contributed by atoms with Crippen molar-refractivity contribution >= 4 is 5.91 Å². The molecule has 1 aliphatic heterocycles. The van der Waals surface area contributed by atoms with Crippen LogP contribution in [0.1, 0.15) is 40.5 Å². The summed E-state index contributed by atoms with van der Waals surface area (Å²) in [6.07, 6.45) is 2.23. The summed E-state index contributed by atoms with van der Waals surface area (Å²) in [6.45, 7) is 11.4. The molecule has 0 bridgehead atoms. The first-order valence-corrected chi connectivity index (χ1v) is 7.04. The molecule has 18 heavy (non-hydrogen) atoms. The van der Waals surface area contributed by atoms with Gasteiger partial charge in [0.05, 0.1) is 12.1 Å². The first-order chi connectivity index (χ1) is 8.31. The lowest BCUT2D eigenvalue weighted by Crippen LogP contribution is -2.47. The Kier molecular flexibility index (Phi) is 5.60. The third-order valence-electron chi connectivity index (χ3n) is 3.55. The number of rotatable bonds is 5. The minimum absolute atomic E-state index is 0.202. The highest BCUT2D eigenvalue weighted by atomic mass is 16.3. The van der Waals surface area contributed by atoms with Gasteiger partial charge in [0.2, 0.25) is 5.91 Å². The van der Waals surface area contributed by atoms with Crippen LogP contribution in [0.2, 0.25) is 0 Å². The number of aliphatic hydroxyl groups is 1. The molecule has 106 valence electrons. The number of likely N-dealkylation sites (tertiary alicyclic amines) is 1. The van der Waals surface area contributed by atoms with Crippen molar-refractivity contribution in [3.05, 3.63) is 0 Å². The van der Waals surface area contributed by atoms with Crippen molar-refractivity contribution in [1.29, 1.82) is 0 Å². The highest BCUT2D eigenvalue weighted by Gasteiger charge is 2.24. The van der Waals surface area contributed by atoms with E-state index in [0.29, 0.717) is 13.1 Å². The predicted molar refractivity (Wildman–Crippen MR) is 73.4 cm³/mol. The summed E-state index contributed by atoms with van der Waals surface area (Å²) in [6, 6.07) is 0. The van der Waals surface area contributed by atoms with E-state index in [1.807, 2.05) is 16.7 Å². The molecule has 1 aliphatic rings. The Morgan fingerprint density at radius 1 is 1.39 bits per heavy atom. The van der Waals surface area contributed by atoms with Crippen LogP contribution in [-0.4, -0.2) is 59.1 Å². The molecule has 1 fully saturated rings. The van der Waals surface area contributed by atoms with E-state index in [0.717, 1.165) is 38.4 Å². The molecule has 0 aromatic carbocycles. The Morgan fingerprint density at radius 3 is 2.39 bits per heavy atom. The predicted octanol–water partition coefficient (Wildman–Crippen LogP) is 1.34. The summed E-state index contributed by atoms with van der Waals surface area (Å²) in [5.41, 5.74) is -0.743. The number of hydrogen-bond acceptors (Lipinski definition) is 3. The SMILES string of the molecule is CCN(CC(=O)N1CCC(C)CC1)CC(C)(C)O. The van der Waals surface area contributed by atoms with E-state index in [1.54, 1.807) is 13.8 Å². The Hall–Kier alpha value is -0.610. The standard InChI is InChI=1S/C14H28N2O2/c1-5-15(11-14(3,4)18)10-13(17)16-8-6-12(2)7-9-16/h12,18H,5-11H2,1-4H3. The number of piperidine rings is 1.